The van der Waals surface area contributed by atoms with E-state index in [-0.39, 0.29) is 5.91 Å². The molecule has 5 nitrogen and oxygen atoms in total. The third-order valence-corrected chi connectivity index (χ3v) is 5.50. The Labute approximate surface area is 166 Å². The highest BCUT2D eigenvalue weighted by Gasteiger charge is 2.22. The molecule has 6 heteroatoms. The second-order valence-electron chi connectivity index (χ2n) is 7.13. The summed E-state index contributed by atoms with van der Waals surface area (Å²) in [5.41, 5.74) is 0.549. The number of carbonyl (C=O) groups excluding carboxylic acids is 1. The van der Waals surface area contributed by atoms with E-state index in [1.54, 1.807) is 41.4 Å². The number of halogens is 1. The van der Waals surface area contributed by atoms with Gasteiger partial charge < -0.3 is 5.32 Å². The van der Waals surface area contributed by atoms with Crippen LogP contribution in [0.3, 0.4) is 0 Å². The molecule has 0 unspecified atom stereocenters. The molecule has 0 aliphatic heterocycles. The topological polar surface area (TPSA) is 58.1 Å². The minimum absolute atomic E-state index is 0.120. The van der Waals surface area contributed by atoms with Crippen molar-refractivity contribution in [2.24, 2.45) is 5.92 Å². The van der Waals surface area contributed by atoms with Gasteiger partial charge in [-0.05, 0) is 56.9 Å². The van der Waals surface area contributed by atoms with Crippen LogP contribution in [0.5, 0.6) is 0 Å². The summed E-state index contributed by atoms with van der Waals surface area (Å²) >= 11 is 6.03. The summed E-state index contributed by atoms with van der Waals surface area (Å²) in [6.45, 7) is 4.64. The van der Waals surface area contributed by atoms with Gasteiger partial charge in [-0.1, -0.05) is 36.9 Å². The molecule has 1 saturated carbocycles. The molecule has 1 aliphatic carbocycles. The fourth-order valence-corrected chi connectivity index (χ4v) is 3.90. The van der Waals surface area contributed by atoms with Crippen LogP contribution >= 0.6 is 11.6 Å². The Balaban J connectivity index is 1.75. The van der Waals surface area contributed by atoms with Crippen LogP contribution in [-0.2, 0) is 0 Å². The molecule has 1 aromatic carbocycles. The summed E-state index contributed by atoms with van der Waals surface area (Å²) in [4.78, 5) is 23.5. The average Bonchev–Trinajstić information content (AvgIpc) is 2.69. The Morgan fingerprint density at radius 3 is 2.78 bits per heavy atom. The third-order valence-electron chi connectivity index (χ3n) is 5.26. The van der Waals surface area contributed by atoms with Crippen LogP contribution in [0.4, 0.5) is 11.8 Å². The predicted molar refractivity (Wildman–Crippen MR) is 110 cm³/mol. The van der Waals surface area contributed by atoms with Gasteiger partial charge in [0.2, 0.25) is 5.95 Å². The van der Waals surface area contributed by atoms with Gasteiger partial charge in [-0.2, -0.15) is 4.98 Å². The van der Waals surface area contributed by atoms with Crippen LogP contribution in [-0.4, -0.2) is 28.5 Å². The molecule has 1 N–H and O–H groups in total. The number of benzene rings is 1. The Morgan fingerprint density at radius 1 is 1.30 bits per heavy atom. The lowest BCUT2D eigenvalue weighted by Crippen LogP contribution is -2.32. The van der Waals surface area contributed by atoms with E-state index >= 15 is 0 Å². The molecule has 1 aromatic heterocycles. The van der Waals surface area contributed by atoms with E-state index in [4.69, 9.17) is 11.6 Å². The van der Waals surface area contributed by atoms with Gasteiger partial charge in [-0.3, -0.25) is 9.69 Å². The van der Waals surface area contributed by atoms with Gasteiger partial charge in [0, 0.05) is 29.4 Å². The first-order valence-corrected chi connectivity index (χ1v) is 10.1. The number of nitrogens with zero attached hydrogens (tertiary/aromatic N) is 3. The lowest BCUT2D eigenvalue weighted by Gasteiger charge is -2.28. The zero-order valence-electron chi connectivity index (χ0n) is 16.0. The van der Waals surface area contributed by atoms with E-state index in [0.717, 1.165) is 0 Å². The quantitative estimate of drug-likeness (QED) is 0.743. The van der Waals surface area contributed by atoms with E-state index in [2.05, 4.69) is 22.2 Å². The number of anilines is 2. The van der Waals surface area contributed by atoms with Crippen molar-refractivity contribution in [1.29, 1.82) is 0 Å². The predicted octanol–water partition coefficient (Wildman–Crippen LogP) is 5.18. The number of hydrogen-bond acceptors (Lipinski definition) is 4. The van der Waals surface area contributed by atoms with Crippen molar-refractivity contribution in [2.75, 3.05) is 16.8 Å². The van der Waals surface area contributed by atoms with Gasteiger partial charge in [0.05, 0.1) is 0 Å². The van der Waals surface area contributed by atoms with Gasteiger partial charge in [0.25, 0.3) is 5.91 Å². The molecule has 0 spiro atoms. The van der Waals surface area contributed by atoms with Crippen LogP contribution in [0.1, 0.15) is 56.3 Å². The molecule has 1 atom stereocenters. The molecular weight excluding hydrogens is 360 g/mol. The molecule has 1 fully saturated rings. The van der Waals surface area contributed by atoms with Gasteiger partial charge in [0.1, 0.15) is 5.82 Å². The first-order chi connectivity index (χ1) is 13.1. The fourth-order valence-electron chi connectivity index (χ4n) is 3.71. The normalized spacial score (nSPS) is 16.0. The second kappa shape index (κ2) is 9.18. The Bertz CT molecular complexity index is 776. The number of rotatable bonds is 6. The molecular formula is C21H27ClN4O. The van der Waals surface area contributed by atoms with E-state index < -0.39 is 0 Å². The zero-order valence-corrected chi connectivity index (χ0v) is 16.7. The monoisotopic (exact) mass is 386 g/mol. The fraction of sp³-hybridized carbons (Fsp3) is 0.476. The van der Waals surface area contributed by atoms with Crippen molar-refractivity contribution >= 4 is 29.3 Å². The first kappa shape index (κ1) is 19.6. The maximum Gasteiger partial charge on any atom is 0.259 e. The van der Waals surface area contributed by atoms with Crippen LogP contribution in [0, 0.1) is 5.92 Å². The van der Waals surface area contributed by atoms with Crippen molar-refractivity contribution in [3.63, 3.8) is 0 Å². The number of aromatic nitrogens is 2. The van der Waals surface area contributed by atoms with Crippen molar-refractivity contribution in [3.8, 4) is 0 Å². The van der Waals surface area contributed by atoms with Gasteiger partial charge in [-0.25, -0.2) is 4.98 Å². The minimum Gasteiger partial charge on any atom is -0.351 e. The number of nitrogens with one attached hydrogen (secondary N) is 1. The van der Waals surface area contributed by atoms with Crippen molar-refractivity contribution in [1.82, 2.24) is 9.97 Å². The number of carbonyl (C=O) groups is 1. The standard InChI is InChI=1S/C21H27ClN4O/c1-3-26(20(27)17-10-7-11-18(22)14-17)19-12-13-23-21(25-19)24-15(2)16-8-5-4-6-9-16/h7,10-16H,3-6,8-9H2,1-2H3,(H,23,24,25)/t15-/m0/s1. The molecule has 1 amide bonds. The highest BCUT2D eigenvalue weighted by atomic mass is 35.5. The number of amides is 1. The molecule has 144 valence electrons. The Kier molecular flexibility index (Phi) is 6.67. The first-order valence-electron chi connectivity index (χ1n) is 9.75. The summed E-state index contributed by atoms with van der Waals surface area (Å²) in [5.74, 6) is 1.70. The van der Waals surface area contributed by atoms with Crippen LogP contribution in [0.2, 0.25) is 5.02 Å². The molecule has 1 heterocycles. The average molecular weight is 387 g/mol. The van der Waals surface area contributed by atoms with Gasteiger partial charge in [-0.15, -0.1) is 0 Å². The largest absolute Gasteiger partial charge is 0.351 e. The molecule has 3 rings (SSSR count). The van der Waals surface area contributed by atoms with Gasteiger partial charge in [0.15, 0.2) is 0 Å². The SMILES string of the molecule is CCN(C(=O)c1cccc(Cl)c1)c1ccnc(N[C@@H](C)C2CCCCC2)n1. The molecule has 0 bridgehead atoms. The molecule has 2 aromatic rings. The molecule has 0 saturated heterocycles. The van der Waals surface area contributed by atoms with Crippen molar-refractivity contribution in [2.45, 2.75) is 52.0 Å². The van der Waals surface area contributed by atoms with E-state index in [0.29, 0.717) is 40.9 Å². The van der Waals surface area contributed by atoms with Crippen LogP contribution < -0.4 is 10.2 Å². The summed E-state index contributed by atoms with van der Waals surface area (Å²) in [5, 5.41) is 3.98. The second-order valence-corrected chi connectivity index (χ2v) is 7.57. The Morgan fingerprint density at radius 2 is 2.07 bits per heavy atom. The van der Waals surface area contributed by atoms with Crippen molar-refractivity contribution in [3.05, 3.63) is 47.1 Å². The van der Waals surface area contributed by atoms with Crippen LogP contribution in [0.25, 0.3) is 0 Å². The number of hydrogen-bond donors (Lipinski definition) is 1. The maximum absolute atomic E-state index is 12.9. The smallest absolute Gasteiger partial charge is 0.259 e. The van der Waals surface area contributed by atoms with E-state index in [1.807, 2.05) is 6.92 Å². The molecule has 27 heavy (non-hydrogen) atoms. The zero-order chi connectivity index (χ0) is 19.2. The summed E-state index contributed by atoms with van der Waals surface area (Å²) in [7, 11) is 0. The summed E-state index contributed by atoms with van der Waals surface area (Å²) in [6.07, 6.45) is 8.15. The highest BCUT2D eigenvalue weighted by molar-refractivity contribution is 6.31. The third kappa shape index (κ3) is 4.98. The Hall–Kier alpha value is -2.14. The van der Waals surface area contributed by atoms with Crippen molar-refractivity contribution < 1.29 is 4.79 Å². The lowest BCUT2D eigenvalue weighted by atomic mass is 9.85. The minimum atomic E-state index is -0.120. The highest BCUT2D eigenvalue weighted by Crippen LogP contribution is 2.28. The van der Waals surface area contributed by atoms with E-state index in [9.17, 15) is 4.79 Å². The van der Waals surface area contributed by atoms with E-state index in [1.165, 1.54) is 32.1 Å². The summed E-state index contributed by atoms with van der Waals surface area (Å²) in [6, 6.07) is 9.07. The maximum atomic E-state index is 12.9. The molecule has 0 radical (unpaired) electrons. The van der Waals surface area contributed by atoms with Gasteiger partial charge >= 0.3 is 0 Å². The molecule has 1 aliphatic rings. The summed E-state index contributed by atoms with van der Waals surface area (Å²) < 4.78 is 0. The lowest BCUT2D eigenvalue weighted by molar-refractivity contribution is 0.0987. The van der Waals surface area contributed by atoms with Crippen LogP contribution in [0.15, 0.2) is 36.5 Å².